The number of rotatable bonds is 9. The predicted molar refractivity (Wildman–Crippen MR) is 96.3 cm³/mol. The fourth-order valence-corrected chi connectivity index (χ4v) is 2.69. The van der Waals surface area contributed by atoms with Crippen LogP contribution in [0.15, 0.2) is 29.3 Å². The van der Waals surface area contributed by atoms with Crippen molar-refractivity contribution >= 4 is 5.96 Å². The first-order valence-electron chi connectivity index (χ1n) is 8.58. The summed E-state index contributed by atoms with van der Waals surface area (Å²) in [4.78, 5) is 6.82. The second-order valence-electron chi connectivity index (χ2n) is 5.88. The highest BCUT2D eigenvalue weighted by Gasteiger charge is 2.27. The molecular weight excluding hydrogens is 288 g/mol. The van der Waals surface area contributed by atoms with Gasteiger partial charge in [-0.1, -0.05) is 19.1 Å². The van der Waals surface area contributed by atoms with Crippen LogP contribution in [0.1, 0.15) is 25.3 Å². The van der Waals surface area contributed by atoms with Crippen LogP contribution in [0.3, 0.4) is 0 Å². The van der Waals surface area contributed by atoms with Crippen molar-refractivity contribution < 1.29 is 4.74 Å². The Labute approximate surface area is 140 Å². The number of nitrogens with zero attached hydrogens (tertiary/aromatic N) is 2. The second-order valence-corrected chi connectivity index (χ2v) is 5.88. The molecule has 1 aromatic rings. The minimum absolute atomic E-state index is 0.826. The van der Waals surface area contributed by atoms with Gasteiger partial charge in [-0.2, -0.15) is 0 Å². The van der Waals surface area contributed by atoms with E-state index in [-0.39, 0.29) is 0 Å². The van der Waals surface area contributed by atoms with Crippen molar-refractivity contribution in [3.8, 4) is 5.75 Å². The topological polar surface area (TPSA) is 48.9 Å². The lowest BCUT2D eigenvalue weighted by Gasteiger charge is -2.20. The zero-order valence-electron chi connectivity index (χ0n) is 14.6. The molecule has 0 unspecified atom stereocenters. The standard InChI is InChI=1S/C18H30N4O/c1-4-22(16-7-8-16)14-13-21-18(19-2)20-12-11-15-5-9-17(23-3)10-6-15/h5-6,9-10,16H,4,7-8,11-14H2,1-3H3,(H2,19,20,21). The SMILES string of the molecule is CCN(CCNC(=NC)NCCc1ccc(OC)cc1)C1CC1. The number of benzene rings is 1. The van der Waals surface area contributed by atoms with Crippen LogP contribution in [-0.2, 0) is 6.42 Å². The van der Waals surface area contributed by atoms with Gasteiger partial charge in [-0.05, 0) is 43.5 Å². The molecule has 1 saturated carbocycles. The van der Waals surface area contributed by atoms with Crippen LogP contribution in [0.25, 0.3) is 0 Å². The number of aliphatic imine (C=N–C) groups is 1. The van der Waals surface area contributed by atoms with Gasteiger partial charge < -0.3 is 15.4 Å². The van der Waals surface area contributed by atoms with E-state index in [1.807, 2.05) is 19.2 Å². The number of guanidine groups is 1. The Kier molecular flexibility index (Phi) is 7.20. The van der Waals surface area contributed by atoms with E-state index >= 15 is 0 Å². The van der Waals surface area contributed by atoms with Crippen molar-refractivity contribution in [2.24, 2.45) is 4.99 Å². The molecule has 1 fully saturated rings. The summed E-state index contributed by atoms with van der Waals surface area (Å²) in [6.07, 6.45) is 3.69. The van der Waals surface area contributed by atoms with Crippen molar-refractivity contribution in [1.29, 1.82) is 0 Å². The van der Waals surface area contributed by atoms with E-state index in [2.05, 4.69) is 39.6 Å². The van der Waals surface area contributed by atoms with Crippen LogP contribution in [0.5, 0.6) is 5.75 Å². The Bertz CT molecular complexity index is 482. The summed E-state index contributed by atoms with van der Waals surface area (Å²) in [5.41, 5.74) is 1.29. The molecule has 0 bridgehead atoms. The Hall–Kier alpha value is -1.75. The fourth-order valence-electron chi connectivity index (χ4n) is 2.69. The molecule has 0 aromatic heterocycles. The van der Waals surface area contributed by atoms with Crippen LogP contribution in [0.2, 0.25) is 0 Å². The first kappa shape index (κ1) is 17.6. The summed E-state index contributed by atoms with van der Waals surface area (Å²) in [6.45, 7) is 6.26. The summed E-state index contributed by atoms with van der Waals surface area (Å²) >= 11 is 0. The Morgan fingerprint density at radius 1 is 1.22 bits per heavy atom. The first-order valence-corrected chi connectivity index (χ1v) is 8.58. The van der Waals surface area contributed by atoms with Crippen LogP contribution >= 0.6 is 0 Å². The maximum absolute atomic E-state index is 5.17. The lowest BCUT2D eigenvalue weighted by molar-refractivity contribution is 0.282. The molecule has 0 atom stereocenters. The van der Waals surface area contributed by atoms with Gasteiger partial charge in [0.05, 0.1) is 7.11 Å². The molecule has 0 radical (unpaired) electrons. The van der Waals surface area contributed by atoms with Crippen LogP contribution in [0.4, 0.5) is 0 Å². The molecule has 2 N–H and O–H groups in total. The van der Waals surface area contributed by atoms with Crippen molar-refractivity contribution in [3.63, 3.8) is 0 Å². The minimum atomic E-state index is 0.826. The van der Waals surface area contributed by atoms with Gasteiger partial charge in [0.25, 0.3) is 0 Å². The second kappa shape index (κ2) is 9.40. The molecule has 1 aliphatic rings. The zero-order valence-corrected chi connectivity index (χ0v) is 14.6. The molecule has 128 valence electrons. The third-order valence-electron chi connectivity index (χ3n) is 4.25. The van der Waals surface area contributed by atoms with Gasteiger partial charge in [0.15, 0.2) is 5.96 Å². The van der Waals surface area contributed by atoms with E-state index in [1.54, 1.807) is 7.11 Å². The highest BCUT2D eigenvalue weighted by atomic mass is 16.5. The van der Waals surface area contributed by atoms with Crippen LogP contribution < -0.4 is 15.4 Å². The number of hydrogen-bond donors (Lipinski definition) is 2. The zero-order chi connectivity index (χ0) is 16.5. The molecule has 0 saturated heterocycles. The van der Waals surface area contributed by atoms with Gasteiger partial charge in [0.1, 0.15) is 5.75 Å². The summed E-state index contributed by atoms with van der Waals surface area (Å²) in [7, 11) is 3.51. The number of methoxy groups -OCH3 is 1. The van der Waals surface area contributed by atoms with Crippen molar-refractivity contribution in [1.82, 2.24) is 15.5 Å². The van der Waals surface area contributed by atoms with Crippen LogP contribution in [0, 0.1) is 0 Å². The summed E-state index contributed by atoms with van der Waals surface area (Å²) in [5.74, 6) is 1.78. The normalized spacial score (nSPS) is 14.9. The molecule has 2 rings (SSSR count). The van der Waals surface area contributed by atoms with Gasteiger partial charge in [-0.15, -0.1) is 0 Å². The minimum Gasteiger partial charge on any atom is -0.497 e. The third kappa shape index (κ3) is 6.10. The monoisotopic (exact) mass is 318 g/mol. The highest BCUT2D eigenvalue weighted by Crippen LogP contribution is 2.25. The molecule has 5 nitrogen and oxygen atoms in total. The molecule has 0 amide bonds. The molecule has 23 heavy (non-hydrogen) atoms. The lowest BCUT2D eigenvalue weighted by Crippen LogP contribution is -2.42. The maximum atomic E-state index is 5.17. The largest absolute Gasteiger partial charge is 0.497 e. The van der Waals surface area contributed by atoms with E-state index in [0.29, 0.717) is 0 Å². The van der Waals surface area contributed by atoms with E-state index in [4.69, 9.17) is 4.74 Å². The first-order chi connectivity index (χ1) is 11.3. The van der Waals surface area contributed by atoms with Crippen molar-refractivity contribution in [2.75, 3.05) is 40.3 Å². The smallest absolute Gasteiger partial charge is 0.191 e. The molecular formula is C18H30N4O. The van der Waals surface area contributed by atoms with Crippen LogP contribution in [-0.4, -0.2) is 57.2 Å². The lowest BCUT2D eigenvalue weighted by atomic mass is 10.1. The van der Waals surface area contributed by atoms with Gasteiger partial charge in [0.2, 0.25) is 0 Å². The molecule has 0 aliphatic heterocycles. The molecule has 1 aromatic carbocycles. The average Bonchev–Trinajstić information content (AvgIpc) is 3.42. The highest BCUT2D eigenvalue weighted by molar-refractivity contribution is 5.79. The Balaban J connectivity index is 1.64. The van der Waals surface area contributed by atoms with E-state index < -0.39 is 0 Å². The predicted octanol–water partition coefficient (Wildman–Crippen LogP) is 1.89. The van der Waals surface area contributed by atoms with E-state index in [1.165, 1.54) is 18.4 Å². The third-order valence-corrected chi connectivity index (χ3v) is 4.25. The maximum Gasteiger partial charge on any atom is 0.191 e. The van der Waals surface area contributed by atoms with Gasteiger partial charge in [0, 0.05) is 32.7 Å². The van der Waals surface area contributed by atoms with Crippen molar-refractivity contribution in [2.45, 2.75) is 32.2 Å². The molecule has 0 heterocycles. The van der Waals surface area contributed by atoms with Crippen molar-refractivity contribution in [3.05, 3.63) is 29.8 Å². The van der Waals surface area contributed by atoms with E-state index in [9.17, 15) is 0 Å². The number of hydrogen-bond acceptors (Lipinski definition) is 3. The number of ether oxygens (including phenoxy) is 1. The van der Waals surface area contributed by atoms with Gasteiger partial charge >= 0.3 is 0 Å². The fraction of sp³-hybridized carbons (Fsp3) is 0.611. The molecule has 1 aliphatic carbocycles. The number of nitrogens with one attached hydrogen (secondary N) is 2. The average molecular weight is 318 g/mol. The van der Waals surface area contributed by atoms with Gasteiger partial charge in [-0.3, -0.25) is 9.89 Å². The quantitative estimate of drug-likeness (QED) is 0.539. The molecule has 0 spiro atoms. The summed E-state index contributed by atoms with van der Waals surface area (Å²) < 4.78 is 5.17. The molecule has 5 heteroatoms. The van der Waals surface area contributed by atoms with E-state index in [0.717, 1.165) is 50.4 Å². The summed E-state index contributed by atoms with van der Waals surface area (Å²) in [6, 6.07) is 9.03. The Morgan fingerprint density at radius 3 is 2.48 bits per heavy atom. The number of likely N-dealkylation sites (N-methyl/N-ethyl adjacent to an activating group) is 1. The van der Waals surface area contributed by atoms with Gasteiger partial charge in [-0.25, -0.2) is 0 Å². The summed E-state index contributed by atoms with van der Waals surface area (Å²) in [5, 5.41) is 6.77. The Morgan fingerprint density at radius 2 is 1.91 bits per heavy atom.